The fourth-order valence-corrected chi connectivity index (χ4v) is 5.44. The van der Waals surface area contributed by atoms with E-state index in [1.165, 1.54) is 18.4 Å². The smallest absolute Gasteiger partial charge is 0.162 e. The lowest BCUT2D eigenvalue weighted by molar-refractivity contribution is 0.0980. The average molecular weight is 525 g/mol. The predicted octanol–water partition coefficient (Wildman–Crippen LogP) is 5.62. The standard InChI is InChI=1S/C30H41N2O4P/c1-21(2)36-25-14-12-22(13-15-25)27(33)8-5-9-29(37)31-26(20-32-16-3-4-17-32)30(34)24-11-10-23-7-6-18-35-28(23)19-24/h10-15,19,21,26,30,34H,3-9,16-18,20,37H2,1-2H3/t26-,30-/m1/s1. The number of likely N-dealkylation sites (tertiary alicyclic amines) is 1. The number of aliphatic imine (C=N–C) groups is 1. The maximum absolute atomic E-state index is 12.7. The van der Waals surface area contributed by atoms with Crippen LogP contribution < -0.4 is 9.47 Å². The van der Waals surface area contributed by atoms with E-state index < -0.39 is 6.10 Å². The number of ether oxygens (including phenoxy) is 2. The predicted molar refractivity (Wildman–Crippen MR) is 152 cm³/mol. The second-order valence-electron chi connectivity index (χ2n) is 10.4. The number of nitrogens with zero attached hydrogens (tertiary/aromatic N) is 2. The van der Waals surface area contributed by atoms with E-state index in [1.54, 1.807) is 0 Å². The number of carbonyl (C=O) groups is 1. The molecule has 3 atom stereocenters. The summed E-state index contributed by atoms with van der Waals surface area (Å²) in [6.07, 6.45) is 5.71. The van der Waals surface area contributed by atoms with Gasteiger partial charge in [-0.05, 0) is 107 Å². The molecule has 1 saturated heterocycles. The Kier molecular flexibility index (Phi) is 10.1. The van der Waals surface area contributed by atoms with Crippen molar-refractivity contribution in [2.45, 2.75) is 77.0 Å². The highest BCUT2D eigenvalue weighted by Crippen LogP contribution is 2.31. The Balaban J connectivity index is 1.37. The first-order valence-corrected chi connectivity index (χ1v) is 14.2. The zero-order chi connectivity index (χ0) is 26.2. The Hall–Kier alpha value is -2.27. The molecule has 0 amide bonds. The third kappa shape index (κ3) is 8.10. The Labute approximate surface area is 223 Å². The van der Waals surface area contributed by atoms with Crippen molar-refractivity contribution in [3.63, 3.8) is 0 Å². The van der Waals surface area contributed by atoms with Crippen LogP contribution in [-0.2, 0) is 6.42 Å². The third-order valence-corrected chi connectivity index (χ3v) is 7.44. The Bertz CT molecular complexity index is 1060. The molecule has 2 aromatic rings. The second kappa shape index (κ2) is 13.5. The van der Waals surface area contributed by atoms with Crippen molar-refractivity contribution in [3.05, 3.63) is 59.2 Å². The molecule has 0 aliphatic carbocycles. The van der Waals surface area contributed by atoms with E-state index in [-0.39, 0.29) is 17.9 Å². The van der Waals surface area contributed by atoms with Crippen LogP contribution in [0.25, 0.3) is 0 Å². The van der Waals surface area contributed by atoms with Gasteiger partial charge in [0.05, 0.1) is 18.8 Å². The molecule has 0 spiro atoms. The summed E-state index contributed by atoms with van der Waals surface area (Å²) in [5.41, 5.74) is 3.66. The van der Waals surface area contributed by atoms with Crippen LogP contribution in [0.1, 0.15) is 80.0 Å². The largest absolute Gasteiger partial charge is 0.493 e. The van der Waals surface area contributed by atoms with Gasteiger partial charge in [-0.2, -0.15) is 0 Å². The molecule has 2 aromatic carbocycles. The van der Waals surface area contributed by atoms with Gasteiger partial charge in [-0.15, -0.1) is 0 Å². The zero-order valence-electron chi connectivity index (χ0n) is 22.2. The van der Waals surface area contributed by atoms with Crippen LogP contribution in [0, 0.1) is 0 Å². The normalized spacial score (nSPS) is 17.8. The number of ketones is 1. The van der Waals surface area contributed by atoms with Crippen molar-refractivity contribution in [2.75, 3.05) is 26.2 Å². The molecular formula is C30H41N2O4P. The summed E-state index contributed by atoms with van der Waals surface area (Å²) in [5.74, 6) is 1.79. The average Bonchev–Trinajstić information content (AvgIpc) is 3.41. The van der Waals surface area contributed by atoms with Gasteiger partial charge in [-0.1, -0.05) is 21.4 Å². The van der Waals surface area contributed by atoms with Crippen molar-refractivity contribution in [2.24, 2.45) is 4.99 Å². The van der Waals surface area contributed by atoms with Gasteiger partial charge in [0.1, 0.15) is 17.6 Å². The number of aliphatic hydroxyl groups excluding tert-OH is 1. The molecule has 2 aliphatic heterocycles. The fraction of sp³-hybridized carbons (Fsp3) is 0.533. The van der Waals surface area contributed by atoms with E-state index >= 15 is 0 Å². The van der Waals surface area contributed by atoms with Gasteiger partial charge in [-0.3, -0.25) is 9.79 Å². The van der Waals surface area contributed by atoms with Gasteiger partial charge in [0, 0.05) is 24.0 Å². The van der Waals surface area contributed by atoms with E-state index in [4.69, 9.17) is 14.5 Å². The monoisotopic (exact) mass is 524 g/mol. The van der Waals surface area contributed by atoms with Gasteiger partial charge >= 0.3 is 0 Å². The number of fused-ring (bicyclic) bond motifs is 1. The first-order valence-electron chi connectivity index (χ1n) is 13.7. The van der Waals surface area contributed by atoms with Crippen LogP contribution in [0.5, 0.6) is 11.5 Å². The number of hydrogen-bond donors (Lipinski definition) is 1. The Morgan fingerprint density at radius 2 is 1.86 bits per heavy atom. The number of rotatable bonds is 12. The number of carbonyl (C=O) groups excluding carboxylic acids is 1. The van der Waals surface area contributed by atoms with Gasteiger partial charge < -0.3 is 19.5 Å². The van der Waals surface area contributed by atoms with E-state index in [9.17, 15) is 9.90 Å². The number of aliphatic hydroxyl groups is 1. The molecule has 200 valence electrons. The van der Waals surface area contributed by atoms with E-state index in [1.807, 2.05) is 50.2 Å². The lowest BCUT2D eigenvalue weighted by atomic mass is 9.97. The minimum atomic E-state index is -0.708. The molecule has 7 heteroatoms. The van der Waals surface area contributed by atoms with Crippen molar-refractivity contribution in [1.29, 1.82) is 0 Å². The van der Waals surface area contributed by atoms with Crippen LogP contribution in [0.2, 0.25) is 0 Å². The molecule has 6 nitrogen and oxygen atoms in total. The van der Waals surface area contributed by atoms with Crippen molar-refractivity contribution in [1.82, 2.24) is 4.90 Å². The van der Waals surface area contributed by atoms with Crippen LogP contribution >= 0.6 is 9.24 Å². The number of aryl methyl sites for hydroxylation is 1. The maximum Gasteiger partial charge on any atom is 0.162 e. The molecule has 0 radical (unpaired) electrons. The molecule has 37 heavy (non-hydrogen) atoms. The summed E-state index contributed by atoms with van der Waals surface area (Å²) in [4.78, 5) is 20.0. The summed E-state index contributed by atoms with van der Waals surface area (Å²) in [6.45, 7) is 7.52. The maximum atomic E-state index is 12.7. The molecule has 1 unspecified atom stereocenters. The topological polar surface area (TPSA) is 71.4 Å². The van der Waals surface area contributed by atoms with Gasteiger partial charge in [-0.25, -0.2) is 0 Å². The Morgan fingerprint density at radius 3 is 2.59 bits per heavy atom. The minimum Gasteiger partial charge on any atom is -0.493 e. The highest BCUT2D eigenvalue weighted by Gasteiger charge is 2.26. The van der Waals surface area contributed by atoms with Crippen LogP contribution in [0.4, 0.5) is 0 Å². The highest BCUT2D eigenvalue weighted by atomic mass is 31.0. The molecule has 0 bridgehead atoms. The number of benzene rings is 2. The van der Waals surface area contributed by atoms with Crippen molar-refractivity contribution in [3.8, 4) is 11.5 Å². The van der Waals surface area contributed by atoms with Gasteiger partial charge in [0.25, 0.3) is 0 Å². The van der Waals surface area contributed by atoms with Crippen molar-refractivity contribution >= 4 is 20.5 Å². The summed E-state index contributed by atoms with van der Waals surface area (Å²) in [7, 11) is 2.74. The third-order valence-electron chi connectivity index (χ3n) is 7.01. The summed E-state index contributed by atoms with van der Waals surface area (Å²) in [5, 5.41) is 11.4. The molecule has 1 N–H and O–H groups in total. The number of Topliss-reactive ketones (excluding diaryl/α,β-unsaturated/α-hetero) is 1. The van der Waals surface area contributed by atoms with E-state index in [2.05, 4.69) is 20.2 Å². The van der Waals surface area contributed by atoms with E-state index in [0.717, 1.165) is 61.6 Å². The fourth-order valence-electron chi connectivity index (χ4n) is 5.05. The molecular weight excluding hydrogens is 483 g/mol. The van der Waals surface area contributed by atoms with Crippen LogP contribution in [-0.4, -0.2) is 59.6 Å². The van der Waals surface area contributed by atoms with E-state index in [0.29, 0.717) is 24.8 Å². The molecule has 2 aliphatic rings. The lowest BCUT2D eigenvalue weighted by Gasteiger charge is -2.27. The van der Waals surface area contributed by atoms with Crippen molar-refractivity contribution < 1.29 is 19.4 Å². The summed E-state index contributed by atoms with van der Waals surface area (Å²) >= 11 is 0. The van der Waals surface area contributed by atoms with Gasteiger partial charge in [0.2, 0.25) is 0 Å². The highest BCUT2D eigenvalue weighted by molar-refractivity contribution is 7.40. The SMILES string of the molecule is CC(C)Oc1ccc(C(=O)CCCC(P)=N[C@H](CN2CCCC2)[C@H](O)c2ccc3c(c2)OCCC3)cc1. The molecule has 2 heterocycles. The first-order chi connectivity index (χ1) is 17.9. The molecule has 0 aromatic heterocycles. The first kappa shape index (κ1) is 27.8. The zero-order valence-corrected chi connectivity index (χ0v) is 23.4. The summed E-state index contributed by atoms with van der Waals surface area (Å²) in [6, 6.07) is 13.2. The quantitative estimate of drug-likeness (QED) is 0.222. The second-order valence-corrected chi connectivity index (χ2v) is 11.1. The molecule has 0 saturated carbocycles. The minimum absolute atomic E-state index is 0.106. The number of hydrogen-bond acceptors (Lipinski definition) is 6. The van der Waals surface area contributed by atoms with Crippen LogP contribution in [0.3, 0.4) is 0 Å². The summed E-state index contributed by atoms with van der Waals surface area (Å²) < 4.78 is 11.5. The van der Waals surface area contributed by atoms with Gasteiger partial charge in [0.15, 0.2) is 5.78 Å². The Morgan fingerprint density at radius 1 is 1.11 bits per heavy atom. The molecule has 1 fully saturated rings. The molecule has 4 rings (SSSR count). The lowest BCUT2D eigenvalue weighted by Crippen LogP contribution is -2.33. The van der Waals surface area contributed by atoms with Crippen LogP contribution in [0.15, 0.2) is 47.5 Å².